The Kier molecular flexibility index (Phi) is 5.08. The molecule has 1 aliphatic rings. The Morgan fingerprint density at radius 1 is 1.09 bits per heavy atom. The number of carbonyl (C=O) groups is 1. The Balaban J connectivity index is 2.17. The summed E-state index contributed by atoms with van der Waals surface area (Å²) in [6.45, 7) is 5.63. The fourth-order valence-corrected chi connectivity index (χ4v) is 4.00. The maximum absolute atomic E-state index is 12.7. The smallest absolute Gasteiger partial charge is 0.314 e. The largest absolute Gasteiger partial charge is 0.351 e. The number of amides is 2. The lowest BCUT2D eigenvalue weighted by molar-refractivity contribution is 0.210. The van der Waals surface area contributed by atoms with E-state index >= 15 is 0 Å². The van der Waals surface area contributed by atoms with Gasteiger partial charge in [0.1, 0.15) is 0 Å². The predicted molar refractivity (Wildman–Crippen MR) is 85.1 cm³/mol. The molecule has 22 heavy (non-hydrogen) atoms. The summed E-state index contributed by atoms with van der Waals surface area (Å²) in [6.07, 6.45) is 0.590. The number of primary amides is 1. The summed E-state index contributed by atoms with van der Waals surface area (Å²) in [4.78, 5) is 13.0. The monoisotopic (exact) mass is 325 g/mol. The van der Waals surface area contributed by atoms with Crippen molar-refractivity contribution in [2.24, 2.45) is 5.73 Å². The molecule has 2 rings (SSSR count). The summed E-state index contributed by atoms with van der Waals surface area (Å²) in [7, 11) is -3.52. The zero-order valence-corrected chi connectivity index (χ0v) is 13.8. The molecule has 6 nitrogen and oxygen atoms in total. The third kappa shape index (κ3) is 3.59. The Bertz CT molecular complexity index is 626. The van der Waals surface area contributed by atoms with Gasteiger partial charge < -0.3 is 10.6 Å². The number of carbonyl (C=O) groups excluding carboxylic acids is 1. The molecule has 122 valence electrons. The van der Waals surface area contributed by atoms with E-state index in [9.17, 15) is 13.2 Å². The van der Waals surface area contributed by atoms with Gasteiger partial charge in [-0.1, -0.05) is 26.0 Å². The average molecular weight is 325 g/mol. The third-order valence-electron chi connectivity index (χ3n) is 3.95. The zero-order chi connectivity index (χ0) is 16.3. The van der Waals surface area contributed by atoms with E-state index in [4.69, 9.17) is 5.73 Å². The van der Waals surface area contributed by atoms with E-state index in [1.807, 2.05) is 12.1 Å². The van der Waals surface area contributed by atoms with Crippen molar-refractivity contribution in [3.63, 3.8) is 0 Å². The van der Waals surface area contributed by atoms with Gasteiger partial charge in [0.05, 0.1) is 4.90 Å². The molecule has 0 saturated carbocycles. The molecule has 2 amide bonds. The summed E-state index contributed by atoms with van der Waals surface area (Å²) in [5.41, 5.74) is 6.37. The quantitative estimate of drug-likeness (QED) is 0.916. The van der Waals surface area contributed by atoms with Crippen LogP contribution in [0.5, 0.6) is 0 Å². The van der Waals surface area contributed by atoms with E-state index in [-0.39, 0.29) is 6.54 Å². The highest BCUT2D eigenvalue weighted by Gasteiger charge is 2.27. The summed E-state index contributed by atoms with van der Waals surface area (Å²) in [5.74, 6) is 0.360. The van der Waals surface area contributed by atoms with Gasteiger partial charge in [0, 0.05) is 26.2 Å². The molecule has 0 unspecified atom stereocenters. The van der Waals surface area contributed by atoms with Crippen molar-refractivity contribution in [3.8, 4) is 0 Å². The molecule has 2 N–H and O–H groups in total. The van der Waals surface area contributed by atoms with Crippen LogP contribution in [0.25, 0.3) is 0 Å². The van der Waals surface area contributed by atoms with Crippen molar-refractivity contribution in [3.05, 3.63) is 29.8 Å². The normalized spacial score (nSPS) is 17.5. The maximum atomic E-state index is 12.7. The van der Waals surface area contributed by atoms with Gasteiger partial charge in [-0.05, 0) is 30.0 Å². The van der Waals surface area contributed by atoms with Crippen molar-refractivity contribution in [1.29, 1.82) is 0 Å². The standard InChI is InChI=1S/C15H23N3O3S/c1-12(2)13-4-6-14(7-5-13)22(20,21)18-9-3-8-17(10-11-18)15(16)19/h4-7,12H,3,8-11H2,1-2H3,(H2,16,19). The molecule has 1 fully saturated rings. The second-order valence-electron chi connectivity index (χ2n) is 5.81. The van der Waals surface area contributed by atoms with Crippen LogP contribution in [-0.2, 0) is 10.0 Å². The number of hydrogen-bond acceptors (Lipinski definition) is 3. The van der Waals surface area contributed by atoms with Crippen LogP contribution in [0, 0.1) is 0 Å². The molecule has 1 aliphatic heterocycles. The minimum absolute atomic E-state index is 0.275. The number of nitrogens with two attached hydrogens (primary N) is 1. The number of rotatable bonds is 3. The Hall–Kier alpha value is -1.60. The van der Waals surface area contributed by atoms with Crippen molar-refractivity contribution in [2.75, 3.05) is 26.2 Å². The van der Waals surface area contributed by atoms with Gasteiger partial charge >= 0.3 is 6.03 Å². The molecule has 0 aromatic heterocycles. The van der Waals surface area contributed by atoms with Crippen LogP contribution >= 0.6 is 0 Å². The second-order valence-corrected chi connectivity index (χ2v) is 7.74. The van der Waals surface area contributed by atoms with Crippen LogP contribution in [0.4, 0.5) is 4.79 Å². The van der Waals surface area contributed by atoms with Gasteiger partial charge in [0.2, 0.25) is 10.0 Å². The van der Waals surface area contributed by atoms with Crippen LogP contribution in [0.15, 0.2) is 29.2 Å². The first-order valence-corrected chi connectivity index (χ1v) is 8.91. The van der Waals surface area contributed by atoms with E-state index in [0.29, 0.717) is 36.9 Å². The van der Waals surface area contributed by atoms with E-state index in [1.54, 1.807) is 12.1 Å². The Morgan fingerprint density at radius 2 is 1.73 bits per heavy atom. The second kappa shape index (κ2) is 6.66. The highest BCUT2D eigenvalue weighted by Crippen LogP contribution is 2.21. The Morgan fingerprint density at radius 3 is 2.27 bits per heavy atom. The van der Waals surface area contributed by atoms with Gasteiger partial charge in [-0.2, -0.15) is 4.31 Å². The Labute approximate surface area is 131 Å². The average Bonchev–Trinajstić information content (AvgIpc) is 2.73. The molecule has 0 bridgehead atoms. The summed E-state index contributed by atoms with van der Waals surface area (Å²) in [5, 5.41) is 0. The lowest BCUT2D eigenvalue weighted by atomic mass is 10.0. The molecule has 0 spiro atoms. The molecule has 0 aliphatic carbocycles. The van der Waals surface area contributed by atoms with E-state index in [1.165, 1.54) is 9.21 Å². The molecule has 0 radical (unpaired) electrons. The molecule has 1 aromatic carbocycles. The van der Waals surface area contributed by atoms with Crippen LogP contribution in [-0.4, -0.2) is 49.8 Å². The zero-order valence-electron chi connectivity index (χ0n) is 13.0. The molecular formula is C15H23N3O3S. The fraction of sp³-hybridized carbons (Fsp3) is 0.533. The molecular weight excluding hydrogens is 302 g/mol. The minimum atomic E-state index is -3.52. The third-order valence-corrected chi connectivity index (χ3v) is 5.86. The number of hydrogen-bond donors (Lipinski definition) is 1. The van der Waals surface area contributed by atoms with Crippen LogP contribution < -0.4 is 5.73 Å². The van der Waals surface area contributed by atoms with Gasteiger partial charge in [-0.15, -0.1) is 0 Å². The first-order valence-electron chi connectivity index (χ1n) is 7.47. The summed E-state index contributed by atoms with van der Waals surface area (Å²) < 4.78 is 26.8. The maximum Gasteiger partial charge on any atom is 0.314 e. The van der Waals surface area contributed by atoms with E-state index in [2.05, 4.69) is 13.8 Å². The molecule has 1 saturated heterocycles. The van der Waals surface area contributed by atoms with E-state index in [0.717, 1.165) is 5.56 Å². The molecule has 0 atom stereocenters. The van der Waals surface area contributed by atoms with Crippen molar-refractivity contribution >= 4 is 16.1 Å². The molecule has 1 aromatic rings. The lowest BCUT2D eigenvalue weighted by Crippen LogP contribution is -2.39. The topological polar surface area (TPSA) is 83.7 Å². The number of urea groups is 1. The number of sulfonamides is 1. The van der Waals surface area contributed by atoms with Gasteiger partial charge in [0.25, 0.3) is 0 Å². The first-order chi connectivity index (χ1) is 10.3. The highest BCUT2D eigenvalue weighted by atomic mass is 32.2. The lowest BCUT2D eigenvalue weighted by Gasteiger charge is -2.21. The number of nitrogens with zero attached hydrogens (tertiary/aromatic N) is 2. The van der Waals surface area contributed by atoms with E-state index < -0.39 is 16.1 Å². The van der Waals surface area contributed by atoms with Gasteiger partial charge in [-0.3, -0.25) is 0 Å². The summed E-state index contributed by atoms with van der Waals surface area (Å²) in [6, 6.07) is 6.51. The van der Waals surface area contributed by atoms with Crippen LogP contribution in [0.3, 0.4) is 0 Å². The first kappa shape index (κ1) is 16.8. The van der Waals surface area contributed by atoms with Crippen molar-refractivity contribution < 1.29 is 13.2 Å². The highest BCUT2D eigenvalue weighted by molar-refractivity contribution is 7.89. The predicted octanol–water partition coefficient (Wildman–Crippen LogP) is 1.59. The fourth-order valence-electron chi connectivity index (χ4n) is 2.53. The summed E-state index contributed by atoms with van der Waals surface area (Å²) >= 11 is 0. The SMILES string of the molecule is CC(C)c1ccc(S(=O)(=O)N2CCCN(C(N)=O)CC2)cc1. The minimum Gasteiger partial charge on any atom is -0.351 e. The van der Waals surface area contributed by atoms with Gasteiger partial charge in [-0.25, -0.2) is 13.2 Å². The van der Waals surface area contributed by atoms with Crippen molar-refractivity contribution in [2.45, 2.75) is 31.1 Å². The number of benzene rings is 1. The van der Waals surface area contributed by atoms with Gasteiger partial charge in [0.15, 0.2) is 0 Å². The molecule has 7 heteroatoms. The van der Waals surface area contributed by atoms with Crippen LogP contribution in [0.1, 0.15) is 31.7 Å². The van der Waals surface area contributed by atoms with Crippen molar-refractivity contribution in [1.82, 2.24) is 9.21 Å². The van der Waals surface area contributed by atoms with Crippen LogP contribution in [0.2, 0.25) is 0 Å². The molecule has 1 heterocycles.